The van der Waals surface area contributed by atoms with Gasteiger partial charge in [0.25, 0.3) is 0 Å². The standard InChI is InChI=1S/C13H22N2O2S2/c1-10(2)14-8-12-13(6-7-18-12)19(16,17)15(3)9-11-4-5-11/h6-7,10-11,14H,4-5,8-9H2,1-3H3. The fraction of sp³-hybridized carbons (Fsp3) is 0.692. The van der Waals surface area contributed by atoms with Crippen molar-refractivity contribution in [2.75, 3.05) is 13.6 Å². The average molecular weight is 302 g/mol. The smallest absolute Gasteiger partial charge is 0.243 e. The van der Waals surface area contributed by atoms with Crippen molar-refractivity contribution in [2.24, 2.45) is 5.92 Å². The van der Waals surface area contributed by atoms with Crippen LogP contribution in [0.1, 0.15) is 31.6 Å². The van der Waals surface area contributed by atoms with Crippen molar-refractivity contribution < 1.29 is 8.42 Å². The van der Waals surface area contributed by atoms with E-state index in [0.29, 0.717) is 29.9 Å². The molecule has 1 aliphatic carbocycles. The minimum Gasteiger partial charge on any atom is -0.310 e. The number of hydrogen-bond acceptors (Lipinski definition) is 4. The van der Waals surface area contributed by atoms with Crippen molar-refractivity contribution in [1.29, 1.82) is 0 Å². The maximum absolute atomic E-state index is 12.5. The largest absolute Gasteiger partial charge is 0.310 e. The molecule has 0 unspecified atom stereocenters. The van der Waals surface area contributed by atoms with E-state index in [0.717, 1.165) is 17.7 Å². The second kappa shape index (κ2) is 5.91. The Bertz CT molecular complexity index is 519. The van der Waals surface area contributed by atoms with Crippen LogP contribution in [-0.4, -0.2) is 32.4 Å². The van der Waals surface area contributed by atoms with Crippen LogP contribution in [0, 0.1) is 5.92 Å². The predicted molar refractivity (Wildman–Crippen MR) is 78.8 cm³/mol. The first-order chi connectivity index (χ1) is 8.91. The van der Waals surface area contributed by atoms with Gasteiger partial charge in [-0.05, 0) is 30.2 Å². The number of thiophene rings is 1. The van der Waals surface area contributed by atoms with Gasteiger partial charge in [-0.25, -0.2) is 12.7 Å². The van der Waals surface area contributed by atoms with Gasteiger partial charge < -0.3 is 5.32 Å². The molecule has 1 fully saturated rings. The monoisotopic (exact) mass is 302 g/mol. The lowest BCUT2D eigenvalue weighted by Gasteiger charge is -2.17. The second-order valence-electron chi connectivity index (χ2n) is 5.47. The van der Waals surface area contributed by atoms with Crippen LogP contribution in [0.2, 0.25) is 0 Å². The lowest BCUT2D eigenvalue weighted by molar-refractivity contribution is 0.452. The quantitative estimate of drug-likeness (QED) is 0.840. The molecule has 0 spiro atoms. The van der Waals surface area contributed by atoms with E-state index < -0.39 is 10.0 Å². The van der Waals surface area contributed by atoms with Crippen LogP contribution in [0.15, 0.2) is 16.3 Å². The summed E-state index contributed by atoms with van der Waals surface area (Å²) in [7, 11) is -1.64. The van der Waals surface area contributed by atoms with Crippen LogP contribution < -0.4 is 5.32 Å². The Morgan fingerprint density at radius 3 is 2.74 bits per heavy atom. The fourth-order valence-electron chi connectivity index (χ4n) is 1.91. The molecule has 2 rings (SSSR count). The van der Waals surface area contributed by atoms with Gasteiger partial charge >= 0.3 is 0 Å². The maximum Gasteiger partial charge on any atom is 0.243 e. The van der Waals surface area contributed by atoms with E-state index in [-0.39, 0.29) is 0 Å². The molecule has 4 nitrogen and oxygen atoms in total. The summed E-state index contributed by atoms with van der Waals surface area (Å²) in [5, 5.41) is 5.14. The molecule has 1 heterocycles. The summed E-state index contributed by atoms with van der Waals surface area (Å²) in [5.74, 6) is 0.565. The summed E-state index contributed by atoms with van der Waals surface area (Å²) < 4.78 is 26.6. The first kappa shape index (κ1) is 15.0. The Hall–Kier alpha value is -0.430. The number of sulfonamides is 1. The van der Waals surface area contributed by atoms with E-state index in [1.54, 1.807) is 13.1 Å². The molecule has 1 aromatic rings. The minimum atomic E-state index is -3.33. The van der Waals surface area contributed by atoms with Crippen molar-refractivity contribution in [1.82, 2.24) is 9.62 Å². The third kappa shape index (κ3) is 3.78. The number of nitrogens with zero attached hydrogens (tertiary/aromatic N) is 1. The van der Waals surface area contributed by atoms with Crippen LogP contribution in [0.3, 0.4) is 0 Å². The normalized spacial score (nSPS) is 16.5. The highest BCUT2D eigenvalue weighted by molar-refractivity contribution is 7.89. The lowest BCUT2D eigenvalue weighted by atomic mass is 10.4. The van der Waals surface area contributed by atoms with Gasteiger partial charge in [0.2, 0.25) is 10.0 Å². The first-order valence-electron chi connectivity index (χ1n) is 6.67. The molecular weight excluding hydrogens is 280 g/mol. The van der Waals surface area contributed by atoms with E-state index in [9.17, 15) is 8.42 Å². The Morgan fingerprint density at radius 1 is 1.47 bits per heavy atom. The van der Waals surface area contributed by atoms with E-state index >= 15 is 0 Å². The van der Waals surface area contributed by atoms with Crippen LogP contribution in [0.4, 0.5) is 0 Å². The molecular formula is C13H22N2O2S2. The number of rotatable bonds is 7. The van der Waals surface area contributed by atoms with E-state index in [1.807, 2.05) is 5.38 Å². The molecule has 1 aromatic heterocycles. The SMILES string of the molecule is CC(C)NCc1sccc1S(=O)(=O)N(C)CC1CC1. The van der Waals surface area contributed by atoms with Crippen molar-refractivity contribution in [3.8, 4) is 0 Å². The topological polar surface area (TPSA) is 49.4 Å². The van der Waals surface area contributed by atoms with Gasteiger partial charge in [0.15, 0.2) is 0 Å². The van der Waals surface area contributed by atoms with Crippen molar-refractivity contribution >= 4 is 21.4 Å². The molecule has 0 bridgehead atoms. The molecule has 0 atom stereocenters. The maximum atomic E-state index is 12.5. The van der Waals surface area contributed by atoms with Crippen LogP contribution in [0.25, 0.3) is 0 Å². The summed E-state index contributed by atoms with van der Waals surface area (Å²) >= 11 is 1.50. The molecule has 19 heavy (non-hydrogen) atoms. The molecule has 1 N–H and O–H groups in total. The Morgan fingerprint density at radius 2 is 2.16 bits per heavy atom. The summed E-state index contributed by atoms with van der Waals surface area (Å²) in [6, 6.07) is 2.07. The van der Waals surface area contributed by atoms with Crippen LogP contribution >= 0.6 is 11.3 Å². The van der Waals surface area contributed by atoms with Gasteiger partial charge in [-0.1, -0.05) is 13.8 Å². The Labute approximate surface area is 119 Å². The number of nitrogens with one attached hydrogen (secondary N) is 1. The van der Waals surface area contributed by atoms with Gasteiger partial charge in [-0.15, -0.1) is 11.3 Å². The van der Waals surface area contributed by atoms with Crippen molar-refractivity contribution in [2.45, 2.75) is 44.2 Å². The van der Waals surface area contributed by atoms with Gasteiger partial charge in [0, 0.05) is 31.1 Å². The highest BCUT2D eigenvalue weighted by Gasteiger charge is 2.30. The predicted octanol–water partition coefficient (Wildman–Crippen LogP) is 2.28. The molecule has 108 valence electrons. The molecule has 0 radical (unpaired) electrons. The number of hydrogen-bond donors (Lipinski definition) is 1. The Kier molecular flexibility index (Phi) is 4.66. The molecule has 0 aromatic carbocycles. The zero-order valence-electron chi connectivity index (χ0n) is 11.7. The average Bonchev–Trinajstić information content (AvgIpc) is 3.01. The van der Waals surface area contributed by atoms with Crippen molar-refractivity contribution in [3.05, 3.63) is 16.3 Å². The third-order valence-electron chi connectivity index (χ3n) is 3.28. The summed E-state index contributed by atoms with van der Waals surface area (Å²) in [4.78, 5) is 1.37. The molecule has 0 amide bonds. The van der Waals surface area contributed by atoms with Crippen molar-refractivity contribution in [3.63, 3.8) is 0 Å². The zero-order valence-corrected chi connectivity index (χ0v) is 13.4. The van der Waals surface area contributed by atoms with Gasteiger partial charge in [-0.2, -0.15) is 0 Å². The minimum absolute atomic E-state index is 0.349. The van der Waals surface area contributed by atoms with Crippen LogP contribution in [-0.2, 0) is 16.6 Å². The lowest BCUT2D eigenvalue weighted by Crippen LogP contribution is -2.30. The summed E-state index contributed by atoms with van der Waals surface area (Å²) in [5.41, 5.74) is 0. The highest BCUT2D eigenvalue weighted by Crippen LogP contribution is 2.32. The summed E-state index contributed by atoms with van der Waals surface area (Å²) in [6.45, 7) is 5.37. The molecule has 6 heteroatoms. The van der Waals surface area contributed by atoms with E-state index in [4.69, 9.17) is 0 Å². The molecule has 0 saturated heterocycles. The Balaban J connectivity index is 2.12. The second-order valence-corrected chi connectivity index (χ2v) is 8.49. The van der Waals surface area contributed by atoms with Crippen LogP contribution in [0.5, 0.6) is 0 Å². The van der Waals surface area contributed by atoms with E-state index in [2.05, 4.69) is 19.2 Å². The third-order valence-corrected chi connectivity index (χ3v) is 6.23. The molecule has 1 aliphatic rings. The van der Waals surface area contributed by atoms with E-state index in [1.165, 1.54) is 15.6 Å². The van der Waals surface area contributed by atoms with Gasteiger partial charge in [-0.3, -0.25) is 0 Å². The van der Waals surface area contributed by atoms with Gasteiger partial charge in [0.05, 0.1) is 4.90 Å². The highest BCUT2D eigenvalue weighted by atomic mass is 32.2. The summed E-state index contributed by atoms with van der Waals surface area (Å²) in [6.07, 6.45) is 2.32. The fourth-order valence-corrected chi connectivity index (χ4v) is 4.52. The molecule has 1 saturated carbocycles. The zero-order chi connectivity index (χ0) is 14.0. The molecule has 0 aliphatic heterocycles. The first-order valence-corrected chi connectivity index (χ1v) is 8.99. The van der Waals surface area contributed by atoms with Gasteiger partial charge in [0.1, 0.15) is 0 Å².